The van der Waals surface area contributed by atoms with Crippen molar-refractivity contribution in [1.29, 1.82) is 0 Å². The van der Waals surface area contributed by atoms with E-state index in [4.69, 9.17) is 4.74 Å². The van der Waals surface area contributed by atoms with Crippen molar-refractivity contribution in [3.05, 3.63) is 83.2 Å². The highest BCUT2D eigenvalue weighted by Crippen LogP contribution is 2.19. The van der Waals surface area contributed by atoms with E-state index in [2.05, 4.69) is 15.6 Å². The summed E-state index contributed by atoms with van der Waals surface area (Å²) in [7, 11) is 1.63. The topological polar surface area (TPSA) is 69.0 Å². The molecule has 6 nitrogen and oxygen atoms in total. The standard InChI is InChI=1S/C22H19FN4O2/c1-14-6-8-17(12-19(14)23)24-22(28)16-7-9-21-20(11-16)25-26-27(21)13-15-4-3-5-18(10-15)29-2/h3-12H,13H2,1-2H3,(H,24,28). The summed E-state index contributed by atoms with van der Waals surface area (Å²) in [6, 6.07) is 17.5. The van der Waals surface area contributed by atoms with Crippen LogP contribution in [0.15, 0.2) is 60.7 Å². The molecule has 0 aliphatic carbocycles. The number of aryl methyl sites for hydroxylation is 1. The number of nitrogens with zero attached hydrogens (tertiary/aromatic N) is 3. The Morgan fingerprint density at radius 2 is 2.00 bits per heavy atom. The van der Waals surface area contributed by atoms with Crippen molar-refractivity contribution in [1.82, 2.24) is 15.0 Å². The number of anilines is 1. The van der Waals surface area contributed by atoms with Gasteiger partial charge in [0, 0.05) is 11.3 Å². The summed E-state index contributed by atoms with van der Waals surface area (Å²) in [6.45, 7) is 2.20. The van der Waals surface area contributed by atoms with Crippen LogP contribution in [-0.2, 0) is 6.54 Å². The molecule has 0 atom stereocenters. The normalized spacial score (nSPS) is 10.9. The second-order valence-electron chi connectivity index (χ2n) is 6.72. The van der Waals surface area contributed by atoms with Crippen LogP contribution in [0.25, 0.3) is 11.0 Å². The van der Waals surface area contributed by atoms with E-state index in [0.29, 0.717) is 28.9 Å². The van der Waals surface area contributed by atoms with E-state index in [0.717, 1.165) is 16.8 Å². The van der Waals surface area contributed by atoms with Crippen molar-refractivity contribution in [2.24, 2.45) is 0 Å². The monoisotopic (exact) mass is 390 g/mol. The number of benzene rings is 3. The molecular weight excluding hydrogens is 371 g/mol. The third-order valence-electron chi connectivity index (χ3n) is 4.67. The van der Waals surface area contributed by atoms with Crippen LogP contribution < -0.4 is 10.1 Å². The zero-order valence-corrected chi connectivity index (χ0v) is 16.0. The van der Waals surface area contributed by atoms with Gasteiger partial charge in [-0.15, -0.1) is 5.10 Å². The Kier molecular flexibility index (Phi) is 4.95. The minimum Gasteiger partial charge on any atom is -0.497 e. The fraction of sp³-hybridized carbons (Fsp3) is 0.136. The molecule has 7 heteroatoms. The molecule has 3 aromatic carbocycles. The van der Waals surface area contributed by atoms with E-state index in [1.54, 1.807) is 49.0 Å². The van der Waals surface area contributed by atoms with Crippen LogP contribution in [-0.4, -0.2) is 28.0 Å². The van der Waals surface area contributed by atoms with Gasteiger partial charge in [-0.25, -0.2) is 9.07 Å². The number of aromatic nitrogens is 3. The molecule has 1 aromatic heterocycles. The van der Waals surface area contributed by atoms with Crippen LogP contribution in [0.1, 0.15) is 21.5 Å². The predicted octanol–water partition coefficient (Wildman–Crippen LogP) is 4.19. The number of methoxy groups -OCH3 is 1. The molecule has 0 saturated heterocycles. The first-order valence-corrected chi connectivity index (χ1v) is 9.07. The number of rotatable bonds is 5. The van der Waals surface area contributed by atoms with Gasteiger partial charge in [-0.2, -0.15) is 0 Å². The number of ether oxygens (including phenoxy) is 1. The van der Waals surface area contributed by atoms with Crippen LogP contribution in [0.5, 0.6) is 5.75 Å². The number of carbonyl (C=O) groups is 1. The Balaban J connectivity index is 1.55. The molecule has 0 aliphatic rings. The van der Waals surface area contributed by atoms with Gasteiger partial charge in [-0.1, -0.05) is 23.4 Å². The Bertz CT molecular complexity index is 1200. The zero-order chi connectivity index (χ0) is 20.4. The first-order valence-electron chi connectivity index (χ1n) is 9.07. The van der Waals surface area contributed by atoms with Gasteiger partial charge in [0.05, 0.1) is 19.2 Å². The van der Waals surface area contributed by atoms with Gasteiger partial charge in [0.1, 0.15) is 17.1 Å². The summed E-state index contributed by atoms with van der Waals surface area (Å²) in [4.78, 5) is 12.5. The third kappa shape index (κ3) is 3.94. The summed E-state index contributed by atoms with van der Waals surface area (Å²) in [6.07, 6.45) is 0. The molecule has 1 N–H and O–H groups in total. The van der Waals surface area contributed by atoms with E-state index >= 15 is 0 Å². The molecule has 0 fully saturated rings. The van der Waals surface area contributed by atoms with Gasteiger partial charge in [0.15, 0.2) is 0 Å². The van der Waals surface area contributed by atoms with Gasteiger partial charge in [0.25, 0.3) is 5.91 Å². The maximum atomic E-state index is 13.7. The van der Waals surface area contributed by atoms with Crippen molar-refractivity contribution in [3.8, 4) is 5.75 Å². The number of amides is 1. The Morgan fingerprint density at radius 3 is 2.79 bits per heavy atom. The highest BCUT2D eigenvalue weighted by molar-refractivity contribution is 6.05. The predicted molar refractivity (Wildman–Crippen MR) is 109 cm³/mol. The van der Waals surface area contributed by atoms with Crippen LogP contribution in [0, 0.1) is 12.7 Å². The maximum absolute atomic E-state index is 13.7. The van der Waals surface area contributed by atoms with E-state index in [9.17, 15) is 9.18 Å². The molecule has 0 saturated carbocycles. The smallest absolute Gasteiger partial charge is 0.255 e. The maximum Gasteiger partial charge on any atom is 0.255 e. The van der Waals surface area contributed by atoms with Gasteiger partial charge in [-0.3, -0.25) is 4.79 Å². The lowest BCUT2D eigenvalue weighted by molar-refractivity contribution is 0.102. The number of hydrogen-bond acceptors (Lipinski definition) is 4. The molecule has 0 spiro atoms. The number of halogens is 1. The van der Waals surface area contributed by atoms with Gasteiger partial charge >= 0.3 is 0 Å². The molecule has 146 valence electrons. The third-order valence-corrected chi connectivity index (χ3v) is 4.67. The number of nitrogens with one attached hydrogen (secondary N) is 1. The molecule has 4 aromatic rings. The van der Waals surface area contributed by atoms with E-state index < -0.39 is 0 Å². The van der Waals surface area contributed by atoms with Crippen molar-refractivity contribution in [2.75, 3.05) is 12.4 Å². The number of fused-ring (bicyclic) bond motifs is 1. The largest absolute Gasteiger partial charge is 0.497 e. The summed E-state index contributed by atoms with van der Waals surface area (Å²) in [5.74, 6) is 0.0784. The van der Waals surface area contributed by atoms with Crippen molar-refractivity contribution in [2.45, 2.75) is 13.5 Å². The van der Waals surface area contributed by atoms with Crippen molar-refractivity contribution >= 4 is 22.6 Å². The van der Waals surface area contributed by atoms with Gasteiger partial charge in [0.2, 0.25) is 0 Å². The quantitative estimate of drug-likeness (QED) is 0.555. The molecule has 1 amide bonds. The lowest BCUT2D eigenvalue weighted by atomic mass is 10.1. The SMILES string of the molecule is COc1cccc(Cn2nnc3cc(C(=O)Nc4ccc(C)c(F)c4)ccc32)c1. The highest BCUT2D eigenvalue weighted by atomic mass is 19.1. The molecule has 1 heterocycles. The first kappa shape index (κ1) is 18.6. The highest BCUT2D eigenvalue weighted by Gasteiger charge is 2.12. The first-order chi connectivity index (χ1) is 14.0. The summed E-state index contributed by atoms with van der Waals surface area (Å²) < 4.78 is 20.7. The summed E-state index contributed by atoms with van der Waals surface area (Å²) in [5.41, 5.74) is 3.80. The molecule has 0 unspecified atom stereocenters. The van der Waals surface area contributed by atoms with Crippen LogP contribution >= 0.6 is 0 Å². The molecule has 0 aliphatic heterocycles. The number of hydrogen-bond donors (Lipinski definition) is 1. The molecule has 4 rings (SSSR count). The minimum atomic E-state index is -0.362. The van der Waals surface area contributed by atoms with E-state index in [-0.39, 0.29) is 11.7 Å². The zero-order valence-electron chi connectivity index (χ0n) is 16.0. The Morgan fingerprint density at radius 1 is 1.14 bits per heavy atom. The molecule has 0 radical (unpaired) electrons. The average Bonchev–Trinajstić information content (AvgIpc) is 3.13. The summed E-state index contributed by atoms with van der Waals surface area (Å²) >= 11 is 0. The molecule has 0 bridgehead atoms. The number of carbonyl (C=O) groups excluding carboxylic acids is 1. The second-order valence-corrected chi connectivity index (χ2v) is 6.72. The van der Waals surface area contributed by atoms with Crippen LogP contribution in [0.4, 0.5) is 10.1 Å². The van der Waals surface area contributed by atoms with Gasteiger partial charge < -0.3 is 10.1 Å². The van der Waals surface area contributed by atoms with Crippen molar-refractivity contribution < 1.29 is 13.9 Å². The summed E-state index contributed by atoms with van der Waals surface area (Å²) in [5, 5.41) is 11.1. The van der Waals surface area contributed by atoms with E-state index in [1.165, 1.54) is 6.07 Å². The average molecular weight is 390 g/mol. The minimum absolute atomic E-state index is 0.336. The molecule has 29 heavy (non-hydrogen) atoms. The van der Waals surface area contributed by atoms with Crippen molar-refractivity contribution in [3.63, 3.8) is 0 Å². The van der Waals surface area contributed by atoms with Crippen LogP contribution in [0.2, 0.25) is 0 Å². The fourth-order valence-corrected chi connectivity index (χ4v) is 3.05. The lowest BCUT2D eigenvalue weighted by Crippen LogP contribution is -2.12. The molecular formula is C22H19FN4O2. The second kappa shape index (κ2) is 7.71. The Hall–Kier alpha value is -3.74. The van der Waals surface area contributed by atoms with E-state index in [1.807, 2.05) is 24.3 Å². The van der Waals surface area contributed by atoms with Gasteiger partial charge in [-0.05, 0) is 60.5 Å². The fourth-order valence-electron chi connectivity index (χ4n) is 3.05. The lowest BCUT2D eigenvalue weighted by Gasteiger charge is -2.07. The van der Waals surface area contributed by atoms with Crippen LogP contribution in [0.3, 0.4) is 0 Å². The Labute approximate surface area is 166 Å².